The topological polar surface area (TPSA) is 56.8 Å². The van der Waals surface area contributed by atoms with Crippen molar-refractivity contribution in [3.63, 3.8) is 0 Å². The van der Waals surface area contributed by atoms with Crippen molar-refractivity contribution in [2.45, 2.75) is 26.8 Å². The van der Waals surface area contributed by atoms with E-state index in [4.69, 9.17) is 14.2 Å². The van der Waals surface area contributed by atoms with Gasteiger partial charge in [-0.15, -0.1) is 0 Å². The molecule has 0 aliphatic rings. The van der Waals surface area contributed by atoms with E-state index >= 15 is 0 Å². The molecule has 0 heterocycles. The number of rotatable bonds is 9. The fourth-order valence-corrected chi connectivity index (χ4v) is 1.68. The number of hydrogen-bond acceptors (Lipinski definition) is 5. The van der Waals surface area contributed by atoms with E-state index in [1.807, 2.05) is 12.1 Å². The molecule has 0 aliphatic heterocycles. The minimum absolute atomic E-state index is 0.0955. The maximum atomic E-state index is 11.3. The van der Waals surface area contributed by atoms with E-state index < -0.39 is 0 Å². The van der Waals surface area contributed by atoms with Gasteiger partial charge in [-0.25, -0.2) is 4.79 Å². The van der Waals surface area contributed by atoms with Crippen LogP contribution in [0.4, 0.5) is 0 Å². The predicted molar refractivity (Wildman–Crippen MR) is 77.1 cm³/mol. The molecule has 1 N–H and O–H groups in total. The van der Waals surface area contributed by atoms with Crippen LogP contribution in [-0.4, -0.2) is 32.8 Å². The molecule has 1 rings (SSSR count). The third-order valence-corrected chi connectivity index (χ3v) is 2.67. The lowest BCUT2D eigenvalue weighted by Gasteiger charge is -2.13. The zero-order valence-electron chi connectivity index (χ0n) is 12.4. The Morgan fingerprint density at radius 1 is 1.30 bits per heavy atom. The van der Waals surface area contributed by atoms with Crippen molar-refractivity contribution in [3.05, 3.63) is 23.8 Å². The summed E-state index contributed by atoms with van der Waals surface area (Å²) in [5.74, 6) is 0.965. The summed E-state index contributed by atoms with van der Waals surface area (Å²) in [4.78, 5) is 11.3. The Morgan fingerprint density at radius 3 is 2.75 bits per heavy atom. The van der Waals surface area contributed by atoms with Crippen molar-refractivity contribution < 1.29 is 19.0 Å². The van der Waals surface area contributed by atoms with Gasteiger partial charge in [0.2, 0.25) is 0 Å². The molecule has 0 saturated carbocycles. The zero-order valence-corrected chi connectivity index (χ0v) is 12.4. The molecule has 5 heteroatoms. The highest BCUT2D eigenvalue weighted by Gasteiger charge is 2.09. The average molecular weight is 281 g/mol. The summed E-state index contributed by atoms with van der Waals surface area (Å²) < 4.78 is 15.6. The fourth-order valence-electron chi connectivity index (χ4n) is 1.68. The Balaban J connectivity index is 2.70. The van der Waals surface area contributed by atoms with Crippen molar-refractivity contribution in [2.75, 3.05) is 26.9 Å². The standard InChI is InChI=1S/C15H23NO4/c1-4-8-16-10-12-6-7-13(18-3)9-14(12)20-11-15(17)19-5-2/h6-7,9,16H,4-5,8,10-11H2,1-3H3. The number of carbonyl (C=O) groups excluding carboxylic acids is 1. The molecule has 0 saturated heterocycles. The summed E-state index contributed by atoms with van der Waals surface area (Å²) >= 11 is 0. The van der Waals surface area contributed by atoms with E-state index in [9.17, 15) is 4.79 Å². The van der Waals surface area contributed by atoms with E-state index in [0.717, 1.165) is 18.5 Å². The monoisotopic (exact) mass is 281 g/mol. The lowest BCUT2D eigenvalue weighted by molar-refractivity contribution is -0.145. The molecule has 0 spiro atoms. The van der Waals surface area contributed by atoms with Gasteiger partial charge in [-0.05, 0) is 26.0 Å². The highest BCUT2D eigenvalue weighted by molar-refractivity contribution is 5.71. The third-order valence-electron chi connectivity index (χ3n) is 2.67. The summed E-state index contributed by atoms with van der Waals surface area (Å²) in [7, 11) is 1.60. The number of esters is 1. The Morgan fingerprint density at radius 2 is 2.10 bits per heavy atom. The summed E-state index contributed by atoms with van der Waals surface area (Å²) in [6.45, 7) is 5.76. The average Bonchev–Trinajstić information content (AvgIpc) is 2.46. The maximum absolute atomic E-state index is 11.3. The number of ether oxygens (including phenoxy) is 3. The first-order chi connectivity index (χ1) is 9.71. The van der Waals surface area contributed by atoms with Gasteiger partial charge in [0.15, 0.2) is 6.61 Å². The van der Waals surface area contributed by atoms with Gasteiger partial charge in [0.1, 0.15) is 11.5 Å². The van der Waals surface area contributed by atoms with Crippen LogP contribution in [0.2, 0.25) is 0 Å². The first kappa shape index (κ1) is 16.3. The quantitative estimate of drug-likeness (QED) is 0.555. The molecule has 0 atom stereocenters. The zero-order chi connectivity index (χ0) is 14.8. The van der Waals surface area contributed by atoms with Crippen molar-refractivity contribution in [1.29, 1.82) is 0 Å². The molecule has 20 heavy (non-hydrogen) atoms. The summed E-state index contributed by atoms with van der Waals surface area (Å²) in [6, 6.07) is 5.59. The van der Waals surface area contributed by atoms with Gasteiger partial charge in [-0.2, -0.15) is 0 Å². The number of nitrogens with one attached hydrogen (secondary N) is 1. The molecular weight excluding hydrogens is 258 g/mol. The van der Waals surface area contributed by atoms with Crippen LogP contribution in [0.3, 0.4) is 0 Å². The Hall–Kier alpha value is -1.75. The van der Waals surface area contributed by atoms with E-state index in [1.54, 1.807) is 20.1 Å². The Kier molecular flexibility index (Phi) is 7.50. The van der Waals surface area contributed by atoms with Crippen LogP contribution in [-0.2, 0) is 16.1 Å². The van der Waals surface area contributed by atoms with Gasteiger partial charge < -0.3 is 19.5 Å². The van der Waals surface area contributed by atoms with Crippen LogP contribution in [0.15, 0.2) is 18.2 Å². The lowest BCUT2D eigenvalue weighted by Crippen LogP contribution is -2.17. The van der Waals surface area contributed by atoms with E-state index in [-0.39, 0.29) is 12.6 Å². The van der Waals surface area contributed by atoms with Crippen LogP contribution in [0.5, 0.6) is 11.5 Å². The highest BCUT2D eigenvalue weighted by atomic mass is 16.6. The molecule has 0 unspecified atom stereocenters. The predicted octanol–water partition coefficient (Wildman–Crippen LogP) is 2.14. The van der Waals surface area contributed by atoms with Crippen LogP contribution < -0.4 is 14.8 Å². The van der Waals surface area contributed by atoms with Gasteiger partial charge in [0, 0.05) is 18.2 Å². The number of carbonyl (C=O) groups is 1. The summed E-state index contributed by atoms with van der Waals surface area (Å²) in [5.41, 5.74) is 0.989. The minimum atomic E-state index is -0.372. The van der Waals surface area contributed by atoms with Crippen LogP contribution in [0.1, 0.15) is 25.8 Å². The second-order valence-corrected chi connectivity index (χ2v) is 4.24. The molecule has 112 valence electrons. The lowest BCUT2D eigenvalue weighted by atomic mass is 10.2. The second kappa shape index (κ2) is 9.20. The van der Waals surface area contributed by atoms with Crippen LogP contribution in [0, 0.1) is 0 Å². The Bertz CT molecular complexity index is 420. The Labute approximate surface area is 120 Å². The molecule has 0 aromatic heterocycles. The van der Waals surface area contributed by atoms with Gasteiger partial charge in [-0.3, -0.25) is 0 Å². The van der Waals surface area contributed by atoms with Crippen molar-refractivity contribution in [1.82, 2.24) is 5.32 Å². The van der Waals surface area contributed by atoms with Gasteiger partial charge >= 0.3 is 5.97 Å². The fraction of sp³-hybridized carbons (Fsp3) is 0.533. The number of hydrogen-bond donors (Lipinski definition) is 1. The smallest absolute Gasteiger partial charge is 0.344 e. The SMILES string of the molecule is CCCNCc1ccc(OC)cc1OCC(=O)OCC. The molecular formula is C15H23NO4. The van der Waals surface area contributed by atoms with Gasteiger partial charge in [0.05, 0.1) is 13.7 Å². The number of methoxy groups -OCH3 is 1. The van der Waals surface area contributed by atoms with Crippen molar-refractivity contribution in [3.8, 4) is 11.5 Å². The molecule has 0 radical (unpaired) electrons. The largest absolute Gasteiger partial charge is 0.497 e. The van der Waals surface area contributed by atoms with Gasteiger partial charge in [-0.1, -0.05) is 13.0 Å². The van der Waals surface area contributed by atoms with Crippen molar-refractivity contribution >= 4 is 5.97 Å². The molecule has 1 aromatic rings. The first-order valence-corrected chi connectivity index (χ1v) is 6.87. The number of benzene rings is 1. The normalized spacial score (nSPS) is 10.2. The maximum Gasteiger partial charge on any atom is 0.344 e. The van der Waals surface area contributed by atoms with E-state index in [0.29, 0.717) is 24.7 Å². The van der Waals surface area contributed by atoms with Crippen LogP contribution >= 0.6 is 0 Å². The first-order valence-electron chi connectivity index (χ1n) is 6.87. The molecule has 0 fully saturated rings. The van der Waals surface area contributed by atoms with Crippen molar-refractivity contribution in [2.24, 2.45) is 0 Å². The molecule has 5 nitrogen and oxygen atoms in total. The van der Waals surface area contributed by atoms with Gasteiger partial charge in [0.25, 0.3) is 0 Å². The van der Waals surface area contributed by atoms with E-state index in [1.165, 1.54) is 0 Å². The van der Waals surface area contributed by atoms with E-state index in [2.05, 4.69) is 12.2 Å². The summed E-state index contributed by atoms with van der Waals surface area (Å²) in [6.07, 6.45) is 1.06. The summed E-state index contributed by atoms with van der Waals surface area (Å²) in [5, 5.41) is 3.31. The molecule has 0 aliphatic carbocycles. The molecule has 1 aromatic carbocycles. The minimum Gasteiger partial charge on any atom is -0.497 e. The van der Waals surface area contributed by atoms with Crippen LogP contribution in [0.25, 0.3) is 0 Å². The molecule has 0 amide bonds. The molecule has 0 bridgehead atoms. The highest BCUT2D eigenvalue weighted by Crippen LogP contribution is 2.24. The second-order valence-electron chi connectivity index (χ2n) is 4.24. The third kappa shape index (κ3) is 5.48.